The zero-order chi connectivity index (χ0) is 34.6. The molecule has 0 amide bonds. The number of H-pyrrole nitrogens is 1. The number of hydrogen-bond donors (Lipinski definition) is 1. The summed E-state index contributed by atoms with van der Waals surface area (Å²) in [6.45, 7) is 0. The molecule has 0 aliphatic carbocycles. The fourth-order valence-corrected chi connectivity index (χ4v) is 9.44. The van der Waals surface area contributed by atoms with Crippen LogP contribution < -0.4 is 0 Å². The van der Waals surface area contributed by atoms with Gasteiger partial charge in [-0.3, -0.25) is 0 Å². The molecular weight excluding hydrogens is 639 g/mol. The van der Waals surface area contributed by atoms with Crippen LogP contribution in [0.1, 0.15) is 0 Å². The van der Waals surface area contributed by atoms with E-state index in [-0.39, 0.29) is 0 Å². The molecule has 244 valence electrons. The molecule has 0 aliphatic rings. The van der Waals surface area contributed by atoms with E-state index in [1.54, 1.807) is 0 Å². The lowest BCUT2D eigenvalue weighted by Crippen LogP contribution is -1.92. The third kappa shape index (κ3) is 4.02. The highest BCUT2D eigenvalue weighted by atomic mass is 14.7. The van der Waals surface area contributed by atoms with E-state index in [9.17, 15) is 0 Å². The first-order chi connectivity index (χ1) is 26.3. The Balaban J connectivity index is 1.14. The quantitative estimate of drug-likeness (QED) is 0.139. The highest BCUT2D eigenvalue weighted by Gasteiger charge is 2.20. The van der Waals surface area contributed by atoms with Crippen molar-refractivity contribution in [1.82, 2.24) is 4.98 Å². The van der Waals surface area contributed by atoms with E-state index in [0.717, 1.165) is 5.52 Å². The van der Waals surface area contributed by atoms with E-state index >= 15 is 0 Å². The molecule has 1 heteroatoms. The number of nitrogens with one attached hydrogen (secondary N) is 1. The first-order valence-corrected chi connectivity index (χ1v) is 18.4. The highest BCUT2D eigenvalue weighted by molar-refractivity contribution is 6.32. The first-order valence-electron chi connectivity index (χ1n) is 18.4. The van der Waals surface area contributed by atoms with E-state index < -0.39 is 0 Å². The Hall–Kier alpha value is -6.96. The molecule has 0 radical (unpaired) electrons. The van der Waals surface area contributed by atoms with Gasteiger partial charge in [0.25, 0.3) is 0 Å². The smallest absolute Gasteiger partial charge is 0.0551 e. The summed E-state index contributed by atoms with van der Waals surface area (Å²) in [7, 11) is 0. The summed E-state index contributed by atoms with van der Waals surface area (Å²) in [6.07, 6.45) is 0. The van der Waals surface area contributed by atoms with Gasteiger partial charge in [-0.15, -0.1) is 0 Å². The molecule has 0 spiro atoms. The van der Waals surface area contributed by atoms with Gasteiger partial charge in [0.05, 0.1) is 5.52 Å². The van der Waals surface area contributed by atoms with Crippen LogP contribution in [-0.4, -0.2) is 4.98 Å². The maximum atomic E-state index is 3.90. The number of rotatable bonds is 2. The van der Waals surface area contributed by atoms with E-state index in [1.807, 2.05) is 0 Å². The van der Waals surface area contributed by atoms with Gasteiger partial charge in [-0.05, 0) is 110 Å². The van der Waals surface area contributed by atoms with Gasteiger partial charge in [0.2, 0.25) is 0 Å². The number of aromatic amines is 1. The molecular formula is C52H31N. The van der Waals surface area contributed by atoms with E-state index in [0.29, 0.717) is 0 Å². The third-order valence-electron chi connectivity index (χ3n) is 11.7. The second-order valence-electron chi connectivity index (χ2n) is 14.5. The van der Waals surface area contributed by atoms with Crippen LogP contribution in [-0.2, 0) is 0 Å². The molecule has 1 heterocycles. The van der Waals surface area contributed by atoms with Gasteiger partial charge in [0, 0.05) is 21.7 Å². The van der Waals surface area contributed by atoms with Crippen molar-refractivity contribution in [3.8, 4) is 22.3 Å². The molecule has 0 fully saturated rings. The van der Waals surface area contributed by atoms with Gasteiger partial charge in [-0.25, -0.2) is 0 Å². The highest BCUT2D eigenvalue weighted by Crippen LogP contribution is 2.47. The second-order valence-corrected chi connectivity index (χ2v) is 14.5. The Labute approximate surface area is 305 Å². The van der Waals surface area contributed by atoms with Crippen molar-refractivity contribution in [2.45, 2.75) is 0 Å². The molecule has 0 saturated carbocycles. The summed E-state index contributed by atoms with van der Waals surface area (Å²) >= 11 is 0. The predicted molar refractivity (Wildman–Crippen MR) is 229 cm³/mol. The van der Waals surface area contributed by atoms with Crippen molar-refractivity contribution in [3.63, 3.8) is 0 Å². The van der Waals surface area contributed by atoms with Gasteiger partial charge in [0.1, 0.15) is 0 Å². The van der Waals surface area contributed by atoms with Crippen molar-refractivity contribution in [1.29, 1.82) is 0 Å². The molecule has 1 nitrogen and oxygen atoms in total. The van der Waals surface area contributed by atoms with E-state index in [2.05, 4.69) is 187 Å². The van der Waals surface area contributed by atoms with Crippen molar-refractivity contribution < 1.29 is 0 Å². The summed E-state index contributed by atoms with van der Waals surface area (Å²) < 4.78 is 0. The van der Waals surface area contributed by atoms with E-state index in [4.69, 9.17) is 0 Å². The zero-order valence-electron chi connectivity index (χ0n) is 28.8. The van der Waals surface area contributed by atoms with Crippen LogP contribution in [0.4, 0.5) is 0 Å². The van der Waals surface area contributed by atoms with Crippen LogP contribution in [0.2, 0.25) is 0 Å². The van der Waals surface area contributed by atoms with Crippen molar-refractivity contribution in [3.05, 3.63) is 182 Å². The van der Waals surface area contributed by atoms with Crippen LogP contribution in [0.25, 0.3) is 119 Å². The van der Waals surface area contributed by atoms with Crippen LogP contribution in [0.5, 0.6) is 0 Å². The zero-order valence-corrected chi connectivity index (χ0v) is 28.8. The average molecular weight is 670 g/mol. The normalized spacial score (nSPS) is 12.2. The van der Waals surface area contributed by atoms with Crippen molar-refractivity contribution >= 4 is 97.2 Å². The Kier molecular flexibility index (Phi) is 5.84. The van der Waals surface area contributed by atoms with Gasteiger partial charge < -0.3 is 4.98 Å². The first kappa shape index (κ1) is 28.7. The van der Waals surface area contributed by atoms with E-state index in [1.165, 1.54) is 114 Å². The Morgan fingerprint density at radius 3 is 1.53 bits per heavy atom. The largest absolute Gasteiger partial charge is 0.354 e. The predicted octanol–water partition coefficient (Wildman–Crippen LogP) is 14.7. The maximum Gasteiger partial charge on any atom is 0.0551 e. The molecule has 0 atom stereocenters. The topological polar surface area (TPSA) is 15.8 Å². The fourth-order valence-electron chi connectivity index (χ4n) is 9.44. The molecule has 0 aliphatic heterocycles. The lowest BCUT2D eigenvalue weighted by atomic mass is 9.84. The molecule has 1 aromatic heterocycles. The summed E-state index contributed by atoms with van der Waals surface area (Å²) in [4.78, 5) is 3.90. The molecule has 0 bridgehead atoms. The molecule has 11 aromatic carbocycles. The third-order valence-corrected chi connectivity index (χ3v) is 11.7. The standard InChI is InChI=1S/C52H31N/c1-2-13-32-29-47-33(28-31(32)12-1)24-26-38-37(47)22-11-23-39(38)50-43-19-8-6-17-41(43)49(42-18-7-9-20-44(42)50)34-25-27-46-48(30-34)53-52-45-21-10-4-15-36(45)35-14-3-5-16-40(35)51(46)52/h1-30,53H. The maximum absolute atomic E-state index is 3.90. The van der Waals surface area contributed by atoms with Crippen LogP contribution in [0.3, 0.4) is 0 Å². The molecule has 12 aromatic rings. The fraction of sp³-hybridized carbons (Fsp3) is 0. The number of benzene rings is 11. The Morgan fingerprint density at radius 2 is 0.811 bits per heavy atom. The molecule has 0 unspecified atom stereocenters. The summed E-state index contributed by atoms with van der Waals surface area (Å²) in [5.41, 5.74) is 7.40. The van der Waals surface area contributed by atoms with Crippen LogP contribution in [0.15, 0.2) is 182 Å². The van der Waals surface area contributed by atoms with Gasteiger partial charge in [0.15, 0.2) is 0 Å². The number of aromatic nitrogens is 1. The average Bonchev–Trinajstić information content (AvgIpc) is 3.61. The van der Waals surface area contributed by atoms with Crippen LogP contribution >= 0.6 is 0 Å². The minimum absolute atomic E-state index is 1.16. The van der Waals surface area contributed by atoms with Gasteiger partial charge in [-0.1, -0.05) is 164 Å². The van der Waals surface area contributed by atoms with Crippen molar-refractivity contribution in [2.75, 3.05) is 0 Å². The summed E-state index contributed by atoms with van der Waals surface area (Å²) in [5, 5.41) is 20.4. The SMILES string of the molecule is c1ccc2cc3c(ccc4c(-c5c6ccccc6c(-c6ccc7c(c6)[nH]c6c8ccccc8c8ccccc8c76)c6ccccc56)cccc43)cc2c1. The lowest BCUT2D eigenvalue weighted by molar-refractivity contribution is 1.56. The molecule has 12 rings (SSSR count). The van der Waals surface area contributed by atoms with Crippen molar-refractivity contribution in [2.24, 2.45) is 0 Å². The molecule has 53 heavy (non-hydrogen) atoms. The summed E-state index contributed by atoms with van der Waals surface area (Å²) in [6, 6.07) is 67.5. The minimum atomic E-state index is 1.16. The monoisotopic (exact) mass is 669 g/mol. The minimum Gasteiger partial charge on any atom is -0.354 e. The summed E-state index contributed by atoms with van der Waals surface area (Å²) in [5.74, 6) is 0. The molecule has 0 saturated heterocycles. The second kappa shape index (κ2) is 10.8. The molecule has 1 N–H and O–H groups in total. The van der Waals surface area contributed by atoms with Gasteiger partial charge >= 0.3 is 0 Å². The Bertz CT molecular complexity index is 3450. The number of fused-ring (bicyclic) bond motifs is 14. The lowest BCUT2D eigenvalue weighted by Gasteiger charge is -2.19. The van der Waals surface area contributed by atoms with Crippen LogP contribution in [0, 0.1) is 0 Å². The Morgan fingerprint density at radius 1 is 0.283 bits per heavy atom. The van der Waals surface area contributed by atoms with Gasteiger partial charge in [-0.2, -0.15) is 0 Å². The number of hydrogen-bond acceptors (Lipinski definition) is 0.